The van der Waals surface area contributed by atoms with Crippen LogP contribution in [0.15, 0.2) is 30.6 Å². The quantitative estimate of drug-likeness (QED) is 0.897. The number of imidazole rings is 1. The second-order valence-corrected chi connectivity index (χ2v) is 4.20. The van der Waals surface area contributed by atoms with Gasteiger partial charge in [-0.25, -0.2) is 9.37 Å². The minimum Gasteiger partial charge on any atom is -0.378 e. The van der Waals surface area contributed by atoms with Crippen LogP contribution in [-0.2, 0) is 13.1 Å². The first kappa shape index (κ1) is 13.1. The third-order valence-corrected chi connectivity index (χ3v) is 2.80. The monoisotopic (exact) mass is 258 g/mol. The largest absolute Gasteiger partial charge is 0.378 e. The summed E-state index contributed by atoms with van der Waals surface area (Å²) in [7, 11) is 0. The highest BCUT2D eigenvalue weighted by atomic mass is 19.1. The molecule has 0 bridgehead atoms. The second-order valence-electron chi connectivity index (χ2n) is 4.20. The Labute approximate surface area is 111 Å². The van der Waals surface area contributed by atoms with E-state index in [1.54, 1.807) is 12.3 Å². The highest BCUT2D eigenvalue weighted by molar-refractivity contribution is 5.49. The summed E-state index contributed by atoms with van der Waals surface area (Å²) in [6, 6.07) is 6.23. The Morgan fingerprint density at radius 2 is 2.32 bits per heavy atom. The van der Waals surface area contributed by atoms with Gasteiger partial charge in [-0.15, -0.1) is 0 Å². The van der Waals surface area contributed by atoms with Gasteiger partial charge in [-0.1, -0.05) is 6.92 Å². The number of nitrogens with zero attached hydrogens (tertiary/aromatic N) is 3. The molecule has 19 heavy (non-hydrogen) atoms. The number of benzene rings is 1. The highest BCUT2D eigenvalue weighted by Gasteiger charge is 2.04. The van der Waals surface area contributed by atoms with Gasteiger partial charge in [0.2, 0.25) is 0 Å². The van der Waals surface area contributed by atoms with Crippen molar-refractivity contribution in [1.29, 1.82) is 5.26 Å². The molecule has 0 amide bonds. The lowest BCUT2D eigenvalue weighted by Gasteiger charge is -2.09. The molecule has 0 radical (unpaired) electrons. The molecule has 4 nitrogen and oxygen atoms in total. The van der Waals surface area contributed by atoms with E-state index >= 15 is 0 Å². The fourth-order valence-electron chi connectivity index (χ4n) is 1.85. The summed E-state index contributed by atoms with van der Waals surface area (Å²) in [4.78, 5) is 4.27. The molecule has 0 saturated heterocycles. The van der Waals surface area contributed by atoms with Crippen LogP contribution < -0.4 is 5.32 Å². The minimum absolute atomic E-state index is 0.0434. The number of nitriles is 1. The van der Waals surface area contributed by atoms with Crippen LogP contribution in [0.5, 0.6) is 0 Å². The first-order chi connectivity index (χ1) is 9.24. The van der Waals surface area contributed by atoms with E-state index in [4.69, 9.17) is 5.26 Å². The Morgan fingerprint density at radius 1 is 1.47 bits per heavy atom. The molecule has 2 rings (SSSR count). The summed E-state index contributed by atoms with van der Waals surface area (Å²) >= 11 is 0. The van der Waals surface area contributed by atoms with Gasteiger partial charge in [0.15, 0.2) is 0 Å². The number of hydrogen-bond acceptors (Lipinski definition) is 3. The van der Waals surface area contributed by atoms with Crippen molar-refractivity contribution in [2.24, 2.45) is 0 Å². The van der Waals surface area contributed by atoms with E-state index in [2.05, 4.69) is 21.8 Å². The summed E-state index contributed by atoms with van der Waals surface area (Å²) < 4.78 is 15.3. The minimum atomic E-state index is -0.500. The number of aryl methyl sites for hydroxylation is 1. The first-order valence-electron chi connectivity index (χ1n) is 6.18. The van der Waals surface area contributed by atoms with Crippen LogP contribution >= 0.6 is 0 Å². The standard InChI is InChI=1S/C14H15FN4/c1-2-6-19-7-5-17-14(19)10-18-12-3-4-13(15)11(8-12)9-16/h3-5,7-8,18H,2,6,10H2,1H3. The van der Waals surface area contributed by atoms with E-state index in [1.807, 2.05) is 12.3 Å². The Bertz CT molecular complexity index is 598. The second kappa shape index (κ2) is 6.01. The molecular weight excluding hydrogens is 243 g/mol. The number of halogens is 1. The van der Waals surface area contributed by atoms with Gasteiger partial charge < -0.3 is 9.88 Å². The Balaban J connectivity index is 2.06. The molecule has 98 valence electrons. The molecule has 0 atom stereocenters. The molecule has 0 aliphatic rings. The smallest absolute Gasteiger partial charge is 0.141 e. The molecule has 0 aliphatic carbocycles. The van der Waals surface area contributed by atoms with E-state index in [-0.39, 0.29) is 5.56 Å². The Morgan fingerprint density at radius 3 is 3.05 bits per heavy atom. The number of hydrogen-bond donors (Lipinski definition) is 1. The normalized spacial score (nSPS) is 10.2. The molecule has 0 fully saturated rings. The Hall–Kier alpha value is -2.35. The fraction of sp³-hybridized carbons (Fsp3) is 0.286. The fourth-order valence-corrected chi connectivity index (χ4v) is 1.85. The number of rotatable bonds is 5. The molecule has 1 N–H and O–H groups in total. The lowest BCUT2D eigenvalue weighted by atomic mass is 10.2. The van der Waals surface area contributed by atoms with Gasteiger partial charge in [0.25, 0.3) is 0 Å². The van der Waals surface area contributed by atoms with Crippen molar-refractivity contribution >= 4 is 5.69 Å². The van der Waals surface area contributed by atoms with Gasteiger partial charge in [-0.05, 0) is 24.6 Å². The van der Waals surface area contributed by atoms with E-state index in [0.717, 1.165) is 18.8 Å². The van der Waals surface area contributed by atoms with Crippen LogP contribution in [0.25, 0.3) is 0 Å². The third-order valence-electron chi connectivity index (χ3n) is 2.80. The third kappa shape index (κ3) is 3.10. The van der Waals surface area contributed by atoms with E-state index < -0.39 is 5.82 Å². The van der Waals surface area contributed by atoms with E-state index in [0.29, 0.717) is 12.2 Å². The van der Waals surface area contributed by atoms with Crippen molar-refractivity contribution in [2.75, 3.05) is 5.32 Å². The molecule has 1 heterocycles. The average Bonchev–Trinajstić information content (AvgIpc) is 2.86. The summed E-state index contributed by atoms with van der Waals surface area (Å²) in [5, 5.41) is 11.9. The maximum atomic E-state index is 13.2. The van der Waals surface area contributed by atoms with Gasteiger partial charge in [0.05, 0.1) is 12.1 Å². The van der Waals surface area contributed by atoms with Crippen molar-refractivity contribution < 1.29 is 4.39 Å². The lowest BCUT2D eigenvalue weighted by Crippen LogP contribution is -2.08. The van der Waals surface area contributed by atoms with Crippen LogP contribution in [-0.4, -0.2) is 9.55 Å². The highest BCUT2D eigenvalue weighted by Crippen LogP contribution is 2.14. The molecule has 1 aromatic carbocycles. The molecule has 0 spiro atoms. The Kier molecular flexibility index (Phi) is 4.14. The van der Waals surface area contributed by atoms with Crippen molar-refractivity contribution in [3.8, 4) is 6.07 Å². The summed E-state index contributed by atoms with van der Waals surface area (Å²) in [6.45, 7) is 3.57. The van der Waals surface area contributed by atoms with Crippen molar-refractivity contribution in [3.63, 3.8) is 0 Å². The number of aromatic nitrogens is 2. The van der Waals surface area contributed by atoms with Crippen molar-refractivity contribution in [1.82, 2.24) is 9.55 Å². The molecule has 5 heteroatoms. The molecular formula is C14H15FN4. The van der Waals surface area contributed by atoms with Gasteiger partial charge in [-0.2, -0.15) is 5.26 Å². The molecule has 2 aromatic rings. The van der Waals surface area contributed by atoms with Gasteiger partial charge >= 0.3 is 0 Å². The van der Waals surface area contributed by atoms with Gasteiger partial charge in [0, 0.05) is 24.6 Å². The first-order valence-corrected chi connectivity index (χ1v) is 6.18. The zero-order chi connectivity index (χ0) is 13.7. The summed E-state index contributed by atoms with van der Waals surface area (Å²) in [5.74, 6) is 0.421. The van der Waals surface area contributed by atoms with E-state index in [9.17, 15) is 4.39 Å². The van der Waals surface area contributed by atoms with Crippen molar-refractivity contribution in [2.45, 2.75) is 26.4 Å². The van der Waals surface area contributed by atoms with E-state index in [1.165, 1.54) is 12.1 Å². The maximum Gasteiger partial charge on any atom is 0.141 e. The summed E-state index contributed by atoms with van der Waals surface area (Å²) in [5.41, 5.74) is 0.755. The molecule has 0 unspecified atom stereocenters. The average molecular weight is 258 g/mol. The molecule has 0 saturated carbocycles. The summed E-state index contributed by atoms with van der Waals surface area (Å²) in [6.07, 6.45) is 4.74. The molecule has 0 aliphatic heterocycles. The zero-order valence-corrected chi connectivity index (χ0v) is 10.7. The number of nitrogens with one attached hydrogen (secondary N) is 1. The number of anilines is 1. The van der Waals surface area contributed by atoms with Crippen LogP contribution in [0, 0.1) is 17.1 Å². The van der Waals surface area contributed by atoms with Crippen LogP contribution in [0.2, 0.25) is 0 Å². The zero-order valence-electron chi connectivity index (χ0n) is 10.7. The van der Waals surface area contributed by atoms with Gasteiger partial charge in [0.1, 0.15) is 17.7 Å². The predicted molar refractivity (Wildman–Crippen MR) is 71.0 cm³/mol. The molecule has 1 aromatic heterocycles. The van der Waals surface area contributed by atoms with Crippen LogP contribution in [0.3, 0.4) is 0 Å². The lowest BCUT2D eigenvalue weighted by molar-refractivity contribution is 0.624. The SMILES string of the molecule is CCCn1ccnc1CNc1ccc(F)c(C#N)c1. The van der Waals surface area contributed by atoms with Crippen LogP contribution in [0.4, 0.5) is 10.1 Å². The van der Waals surface area contributed by atoms with Crippen LogP contribution in [0.1, 0.15) is 24.7 Å². The topological polar surface area (TPSA) is 53.6 Å². The predicted octanol–water partition coefficient (Wildman–Crippen LogP) is 2.92. The maximum absolute atomic E-state index is 13.2. The van der Waals surface area contributed by atoms with Gasteiger partial charge in [-0.3, -0.25) is 0 Å². The van der Waals surface area contributed by atoms with Crippen molar-refractivity contribution in [3.05, 3.63) is 47.8 Å².